The molecule has 0 radical (unpaired) electrons. The van der Waals surface area contributed by atoms with Crippen LogP contribution >= 0.6 is 35.0 Å². The first-order valence-corrected chi connectivity index (χ1v) is 7.82. The number of nitrogens with one attached hydrogen (secondary N) is 1. The third kappa shape index (κ3) is 6.04. The highest BCUT2D eigenvalue weighted by Crippen LogP contribution is 2.30. The van der Waals surface area contributed by atoms with Gasteiger partial charge in [-0.25, -0.2) is 0 Å². The standard InChI is InChI=1S/C13H17Cl2NO2S/c1-2-6-16-11(13(17)18)5-7-19-12-8-9(14)3-4-10(12)15/h3-4,8,11,16H,2,5-7H2,1H3,(H,17,18). The number of carbonyl (C=O) groups is 1. The molecule has 19 heavy (non-hydrogen) atoms. The highest BCUT2D eigenvalue weighted by Gasteiger charge is 2.16. The molecule has 0 saturated carbocycles. The summed E-state index contributed by atoms with van der Waals surface area (Å²) in [6.45, 7) is 2.71. The number of carboxylic acids is 1. The predicted octanol–water partition coefficient (Wildman–Crippen LogP) is 3.93. The van der Waals surface area contributed by atoms with Gasteiger partial charge >= 0.3 is 5.97 Å². The van der Waals surface area contributed by atoms with Gasteiger partial charge in [-0.15, -0.1) is 11.8 Å². The summed E-state index contributed by atoms with van der Waals surface area (Å²) in [5.74, 6) is -0.139. The van der Waals surface area contributed by atoms with Crippen molar-refractivity contribution in [3.8, 4) is 0 Å². The molecule has 0 aromatic heterocycles. The Morgan fingerprint density at radius 3 is 2.84 bits per heavy atom. The van der Waals surface area contributed by atoms with Crippen LogP contribution in [-0.2, 0) is 4.79 Å². The Labute approximate surface area is 127 Å². The van der Waals surface area contributed by atoms with Crippen LogP contribution in [-0.4, -0.2) is 29.4 Å². The first kappa shape index (κ1) is 16.6. The number of halogens is 2. The van der Waals surface area contributed by atoms with Crippen molar-refractivity contribution in [2.45, 2.75) is 30.7 Å². The summed E-state index contributed by atoms with van der Waals surface area (Å²) >= 11 is 13.5. The molecule has 0 heterocycles. The molecule has 0 bridgehead atoms. The second-order valence-electron chi connectivity index (χ2n) is 4.06. The molecule has 1 aromatic rings. The number of aliphatic carboxylic acids is 1. The van der Waals surface area contributed by atoms with Crippen LogP contribution in [0.3, 0.4) is 0 Å². The predicted molar refractivity (Wildman–Crippen MR) is 81.5 cm³/mol. The zero-order chi connectivity index (χ0) is 14.3. The van der Waals surface area contributed by atoms with Crippen molar-refractivity contribution in [3.05, 3.63) is 28.2 Å². The number of carboxylic acid groups (broad SMARTS) is 1. The van der Waals surface area contributed by atoms with Gasteiger partial charge in [0.05, 0.1) is 5.02 Å². The third-order valence-electron chi connectivity index (χ3n) is 2.50. The minimum Gasteiger partial charge on any atom is -0.480 e. The molecular weight excluding hydrogens is 305 g/mol. The maximum atomic E-state index is 11.0. The van der Waals surface area contributed by atoms with Crippen LogP contribution in [0.4, 0.5) is 0 Å². The van der Waals surface area contributed by atoms with Gasteiger partial charge in [-0.2, -0.15) is 0 Å². The average Bonchev–Trinajstić information content (AvgIpc) is 2.37. The van der Waals surface area contributed by atoms with Crippen LogP contribution in [0.1, 0.15) is 19.8 Å². The van der Waals surface area contributed by atoms with Crippen LogP contribution in [0.25, 0.3) is 0 Å². The van der Waals surface area contributed by atoms with Crippen molar-refractivity contribution >= 4 is 40.9 Å². The van der Waals surface area contributed by atoms with Crippen molar-refractivity contribution in [3.63, 3.8) is 0 Å². The van der Waals surface area contributed by atoms with Gasteiger partial charge in [0, 0.05) is 15.7 Å². The fourth-order valence-electron chi connectivity index (χ4n) is 1.51. The van der Waals surface area contributed by atoms with E-state index in [1.54, 1.807) is 18.2 Å². The van der Waals surface area contributed by atoms with E-state index in [2.05, 4.69) is 5.32 Å². The van der Waals surface area contributed by atoms with Crippen LogP contribution in [0.5, 0.6) is 0 Å². The lowest BCUT2D eigenvalue weighted by molar-refractivity contribution is -0.139. The SMILES string of the molecule is CCCNC(CCSc1cc(Cl)ccc1Cl)C(=O)O. The lowest BCUT2D eigenvalue weighted by Crippen LogP contribution is -2.37. The van der Waals surface area contributed by atoms with E-state index in [-0.39, 0.29) is 0 Å². The van der Waals surface area contributed by atoms with E-state index in [0.29, 0.717) is 28.8 Å². The van der Waals surface area contributed by atoms with Gasteiger partial charge in [0.1, 0.15) is 6.04 Å². The number of hydrogen-bond donors (Lipinski definition) is 2. The molecule has 0 aliphatic heterocycles. The van der Waals surface area contributed by atoms with Crippen molar-refractivity contribution in [2.75, 3.05) is 12.3 Å². The first-order valence-electron chi connectivity index (χ1n) is 6.08. The number of rotatable bonds is 8. The minimum atomic E-state index is -0.814. The smallest absolute Gasteiger partial charge is 0.320 e. The van der Waals surface area contributed by atoms with E-state index >= 15 is 0 Å². The number of thioether (sulfide) groups is 1. The van der Waals surface area contributed by atoms with Gasteiger partial charge in [-0.3, -0.25) is 4.79 Å². The summed E-state index contributed by atoms with van der Waals surface area (Å²) in [5.41, 5.74) is 0. The van der Waals surface area contributed by atoms with E-state index in [1.807, 2.05) is 6.92 Å². The van der Waals surface area contributed by atoms with E-state index in [4.69, 9.17) is 28.3 Å². The Kier molecular flexibility index (Phi) is 7.61. The van der Waals surface area contributed by atoms with Crippen LogP contribution in [0.2, 0.25) is 10.0 Å². The summed E-state index contributed by atoms with van der Waals surface area (Å²) in [7, 11) is 0. The second kappa shape index (κ2) is 8.69. The fourth-order valence-corrected chi connectivity index (χ4v) is 3.01. The number of hydrogen-bond acceptors (Lipinski definition) is 3. The molecule has 0 aliphatic carbocycles. The maximum absolute atomic E-state index is 11.0. The van der Waals surface area contributed by atoms with Crippen LogP contribution in [0, 0.1) is 0 Å². The van der Waals surface area contributed by atoms with Gasteiger partial charge < -0.3 is 10.4 Å². The molecule has 0 fully saturated rings. The molecule has 1 rings (SSSR count). The van der Waals surface area contributed by atoms with Crippen molar-refractivity contribution in [1.82, 2.24) is 5.32 Å². The average molecular weight is 322 g/mol. The molecule has 0 spiro atoms. The van der Waals surface area contributed by atoms with Gasteiger partial charge in [-0.05, 0) is 37.6 Å². The molecule has 106 valence electrons. The van der Waals surface area contributed by atoms with Gasteiger partial charge in [-0.1, -0.05) is 30.1 Å². The lowest BCUT2D eigenvalue weighted by Gasteiger charge is -2.13. The Bertz CT molecular complexity index is 429. The molecule has 1 unspecified atom stereocenters. The summed E-state index contributed by atoms with van der Waals surface area (Å²) in [6, 6.07) is 4.77. The summed E-state index contributed by atoms with van der Waals surface area (Å²) < 4.78 is 0. The van der Waals surface area contributed by atoms with Crippen LogP contribution < -0.4 is 5.32 Å². The Morgan fingerprint density at radius 2 is 2.21 bits per heavy atom. The monoisotopic (exact) mass is 321 g/mol. The lowest BCUT2D eigenvalue weighted by atomic mass is 10.2. The van der Waals surface area contributed by atoms with E-state index in [0.717, 1.165) is 11.3 Å². The van der Waals surface area contributed by atoms with Crippen molar-refractivity contribution in [1.29, 1.82) is 0 Å². The normalized spacial score (nSPS) is 12.4. The second-order valence-corrected chi connectivity index (χ2v) is 6.04. The van der Waals surface area contributed by atoms with E-state index < -0.39 is 12.0 Å². The summed E-state index contributed by atoms with van der Waals surface area (Å²) in [6.07, 6.45) is 1.46. The Balaban J connectivity index is 2.47. The largest absolute Gasteiger partial charge is 0.480 e. The zero-order valence-electron chi connectivity index (χ0n) is 10.7. The summed E-state index contributed by atoms with van der Waals surface area (Å²) in [5, 5.41) is 13.4. The topological polar surface area (TPSA) is 49.3 Å². The van der Waals surface area contributed by atoms with Gasteiger partial charge in [0.2, 0.25) is 0 Å². The quantitative estimate of drug-likeness (QED) is 0.712. The first-order chi connectivity index (χ1) is 9.04. The van der Waals surface area contributed by atoms with Gasteiger partial charge in [0.25, 0.3) is 0 Å². The Hall–Kier alpha value is -0.420. The molecule has 1 aromatic carbocycles. The molecule has 0 saturated heterocycles. The zero-order valence-corrected chi connectivity index (χ0v) is 13.0. The maximum Gasteiger partial charge on any atom is 0.320 e. The molecular formula is C13H17Cl2NO2S. The third-order valence-corrected chi connectivity index (χ3v) is 4.26. The number of benzene rings is 1. The van der Waals surface area contributed by atoms with Crippen molar-refractivity contribution < 1.29 is 9.90 Å². The van der Waals surface area contributed by atoms with Crippen LogP contribution in [0.15, 0.2) is 23.1 Å². The van der Waals surface area contributed by atoms with E-state index in [9.17, 15) is 4.79 Å². The molecule has 2 N–H and O–H groups in total. The highest BCUT2D eigenvalue weighted by atomic mass is 35.5. The molecule has 0 aliphatic rings. The minimum absolute atomic E-state index is 0.509. The van der Waals surface area contributed by atoms with Gasteiger partial charge in [0.15, 0.2) is 0 Å². The van der Waals surface area contributed by atoms with Crippen molar-refractivity contribution in [2.24, 2.45) is 0 Å². The Morgan fingerprint density at radius 1 is 1.47 bits per heavy atom. The fraction of sp³-hybridized carbons (Fsp3) is 0.462. The highest BCUT2D eigenvalue weighted by molar-refractivity contribution is 7.99. The van der Waals surface area contributed by atoms with E-state index in [1.165, 1.54) is 11.8 Å². The molecule has 3 nitrogen and oxygen atoms in total. The molecule has 1 atom stereocenters. The summed E-state index contributed by atoms with van der Waals surface area (Å²) in [4.78, 5) is 11.9. The molecule has 6 heteroatoms. The molecule has 0 amide bonds.